The van der Waals surface area contributed by atoms with Gasteiger partial charge in [0, 0.05) is 26.7 Å². The Bertz CT molecular complexity index is 1180. The smallest absolute Gasteiger partial charge is 0.408 e. The molecule has 2 unspecified atom stereocenters. The molecule has 5 amide bonds. The van der Waals surface area contributed by atoms with Crippen LogP contribution in [-0.2, 0) is 25.7 Å². The molecule has 0 saturated heterocycles. The van der Waals surface area contributed by atoms with Crippen LogP contribution in [0.1, 0.15) is 31.7 Å². The molecule has 0 spiro atoms. The summed E-state index contributed by atoms with van der Waals surface area (Å²) in [6.07, 6.45) is -0.820. The first-order chi connectivity index (χ1) is 19.4. The highest BCUT2D eigenvalue weighted by Gasteiger charge is 2.58. The number of nitrogens with one attached hydrogen (secondary N) is 3. The van der Waals surface area contributed by atoms with Crippen LogP contribution in [0.3, 0.4) is 0 Å². The van der Waals surface area contributed by atoms with E-state index in [-0.39, 0.29) is 18.9 Å². The zero-order chi connectivity index (χ0) is 30.2. The number of halogens is 2. The van der Waals surface area contributed by atoms with Crippen LogP contribution in [0.5, 0.6) is 0 Å². The van der Waals surface area contributed by atoms with Gasteiger partial charge in [0.15, 0.2) is 5.76 Å². The van der Waals surface area contributed by atoms with Gasteiger partial charge in [-0.15, -0.1) is 0 Å². The molecule has 3 atom stereocenters. The quantitative estimate of drug-likeness (QED) is 0.232. The van der Waals surface area contributed by atoms with Crippen LogP contribution in [0.15, 0.2) is 54.1 Å². The summed E-state index contributed by atoms with van der Waals surface area (Å²) in [5, 5.41) is 26.5. The summed E-state index contributed by atoms with van der Waals surface area (Å²) in [4.78, 5) is 51.1. The first kappa shape index (κ1) is 31.1. The average Bonchev–Trinajstić information content (AvgIpc) is 3.17. The van der Waals surface area contributed by atoms with Crippen molar-refractivity contribution in [2.45, 2.75) is 57.2 Å². The maximum absolute atomic E-state index is 14.5. The van der Waals surface area contributed by atoms with Crippen LogP contribution in [-0.4, -0.2) is 88.5 Å². The molecule has 41 heavy (non-hydrogen) atoms. The number of hydrogen-bond acceptors (Lipinski definition) is 8. The monoisotopic (exact) mass is 581 g/mol. The number of urea groups is 1. The van der Waals surface area contributed by atoms with E-state index in [1.54, 1.807) is 24.3 Å². The van der Waals surface area contributed by atoms with Crippen molar-refractivity contribution < 1.29 is 47.6 Å². The first-order valence-corrected chi connectivity index (χ1v) is 12.8. The van der Waals surface area contributed by atoms with E-state index in [2.05, 4.69) is 16.0 Å². The number of hydrogen-bond donors (Lipinski definition) is 5. The number of unbranched alkanes of at least 4 members (excludes halogenated alkanes) is 1. The molecule has 0 aliphatic carbocycles. The molecule has 2 aliphatic rings. The second-order valence-corrected chi connectivity index (χ2v) is 9.36. The van der Waals surface area contributed by atoms with Crippen LogP contribution >= 0.6 is 0 Å². The Morgan fingerprint density at radius 2 is 1.90 bits per heavy atom. The van der Waals surface area contributed by atoms with E-state index in [0.29, 0.717) is 24.3 Å². The molecule has 0 fully saturated rings. The van der Waals surface area contributed by atoms with E-state index in [9.17, 15) is 33.1 Å². The molecule has 2 aliphatic heterocycles. The van der Waals surface area contributed by atoms with Gasteiger partial charge in [-0.2, -0.15) is 8.78 Å². The molecule has 0 aromatic heterocycles. The fourth-order valence-electron chi connectivity index (χ4n) is 4.06. The van der Waals surface area contributed by atoms with Gasteiger partial charge in [0.2, 0.25) is 17.6 Å². The highest BCUT2D eigenvalue weighted by atomic mass is 19.3. The lowest BCUT2D eigenvalue weighted by molar-refractivity contribution is -0.129. The van der Waals surface area contributed by atoms with Crippen molar-refractivity contribution in [2.75, 3.05) is 20.2 Å². The number of carbonyl (C=O) groups is 4. The first-order valence-electron chi connectivity index (χ1n) is 12.8. The number of ether oxygens (including phenoxy) is 2. The number of rotatable bonds is 12. The summed E-state index contributed by atoms with van der Waals surface area (Å²) >= 11 is 0. The number of aliphatic hydroxyl groups is 2. The number of alkyl carbamates (subject to hydrolysis) is 1. The summed E-state index contributed by atoms with van der Waals surface area (Å²) in [6, 6.07) is 6.83. The summed E-state index contributed by atoms with van der Waals surface area (Å²) in [7, 11) is 1.25. The van der Waals surface area contributed by atoms with Crippen LogP contribution in [0.2, 0.25) is 0 Å². The van der Waals surface area contributed by atoms with E-state index >= 15 is 0 Å². The van der Waals surface area contributed by atoms with E-state index in [0.717, 1.165) is 16.7 Å². The Labute approximate surface area is 234 Å². The molecule has 0 radical (unpaired) electrons. The molecular formula is C26H33F2N5O8. The van der Waals surface area contributed by atoms with Crippen molar-refractivity contribution in [3.05, 3.63) is 59.7 Å². The average molecular weight is 582 g/mol. The lowest BCUT2D eigenvalue weighted by Crippen LogP contribution is -2.60. The predicted octanol–water partition coefficient (Wildman–Crippen LogP) is 1.66. The van der Waals surface area contributed by atoms with Gasteiger partial charge in [-0.25, -0.2) is 9.59 Å². The molecule has 0 saturated carbocycles. The van der Waals surface area contributed by atoms with Crippen molar-refractivity contribution in [3.63, 3.8) is 0 Å². The summed E-state index contributed by atoms with van der Waals surface area (Å²) in [5.41, 5.74) is 0.738. The molecule has 0 bridgehead atoms. The molecule has 1 aromatic rings. The Morgan fingerprint density at radius 1 is 1.20 bits per heavy atom. The second-order valence-electron chi connectivity index (χ2n) is 9.36. The van der Waals surface area contributed by atoms with Gasteiger partial charge in [-0.3, -0.25) is 14.5 Å². The van der Waals surface area contributed by atoms with Crippen molar-refractivity contribution in [1.82, 2.24) is 25.8 Å². The zero-order valence-corrected chi connectivity index (χ0v) is 22.5. The van der Waals surface area contributed by atoms with Gasteiger partial charge in [0.05, 0.1) is 0 Å². The van der Waals surface area contributed by atoms with Gasteiger partial charge in [-0.05, 0) is 30.9 Å². The predicted molar refractivity (Wildman–Crippen MR) is 139 cm³/mol. The normalized spacial score (nSPS) is 20.4. The van der Waals surface area contributed by atoms with Crippen molar-refractivity contribution in [2.24, 2.45) is 0 Å². The fourth-order valence-corrected chi connectivity index (χ4v) is 4.06. The maximum Gasteiger partial charge on any atom is 0.408 e. The van der Waals surface area contributed by atoms with Crippen LogP contribution < -0.4 is 16.0 Å². The highest BCUT2D eigenvalue weighted by molar-refractivity contribution is 5.87. The molecule has 3 rings (SSSR count). The van der Waals surface area contributed by atoms with Gasteiger partial charge in [0.1, 0.15) is 25.4 Å². The largest absolute Gasteiger partial charge is 0.504 e. The SMILES string of the molecule is CC(=O)NCCCCC(NC(=O)OCc1ccccc1)C(=O)NC1C=CN([C@@H]2OC(CO)=C(O)C2(F)F)C(=O)N1C. The van der Waals surface area contributed by atoms with E-state index < -0.39 is 60.5 Å². The minimum absolute atomic E-state index is 0.0295. The Hall–Kier alpha value is -4.40. The molecule has 1 aromatic carbocycles. The highest BCUT2D eigenvalue weighted by Crippen LogP contribution is 2.40. The van der Waals surface area contributed by atoms with Crippen LogP contribution in [0.4, 0.5) is 18.4 Å². The van der Waals surface area contributed by atoms with E-state index in [1.165, 1.54) is 20.0 Å². The number of amides is 5. The van der Waals surface area contributed by atoms with Crippen molar-refractivity contribution in [3.8, 4) is 0 Å². The second kappa shape index (κ2) is 13.8. The molecular weight excluding hydrogens is 548 g/mol. The third-order valence-electron chi connectivity index (χ3n) is 6.31. The topological polar surface area (TPSA) is 170 Å². The fraction of sp³-hybridized carbons (Fsp3) is 0.462. The minimum atomic E-state index is -3.98. The zero-order valence-electron chi connectivity index (χ0n) is 22.5. The minimum Gasteiger partial charge on any atom is -0.504 e. The van der Waals surface area contributed by atoms with E-state index in [4.69, 9.17) is 14.6 Å². The standard InChI is InChI=1S/C26H33F2N5O8/c1-16(35)29-12-7-6-10-18(30-24(38)40-15-17-8-4-3-5-9-17)22(37)31-20-11-13-33(25(39)32(20)2)23-26(27,28)21(36)19(14-34)41-23/h3-5,8-9,11,13,18,20,23,34,36H,6-7,10,12,14-15H2,1-2H3,(H,29,35)(H,30,38)(H,31,37)/t18?,20?,23-/m1/s1. The van der Waals surface area contributed by atoms with Gasteiger partial charge < -0.3 is 40.5 Å². The van der Waals surface area contributed by atoms with Gasteiger partial charge in [0.25, 0.3) is 6.23 Å². The Morgan fingerprint density at radius 3 is 2.54 bits per heavy atom. The van der Waals surface area contributed by atoms with Crippen molar-refractivity contribution in [1.29, 1.82) is 0 Å². The van der Waals surface area contributed by atoms with Crippen molar-refractivity contribution >= 4 is 23.9 Å². The molecule has 15 heteroatoms. The van der Waals surface area contributed by atoms with Crippen LogP contribution in [0.25, 0.3) is 0 Å². The molecule has 224 valence electrons. The molecule has 5 N–H and O–H groups in total. The number of carbonyl (C=O) groups excluding carboxylic acids is 4. The number of aliphatic hydroxyl groups excluding tert-OH is 2. The molecule has 13 nitrogen and oxygen atoms in total. The Kier molecular flexibility index (Phi) is 10.5. The van der Waals surface area contributed by atoms with Gasteiger partial charge >= 0.3 is 18.0 Å². The lowest BCUT2D eigenvalue weighted by Gasteiger charge is -2.38. The third kappa shape index (κ3) is 7.84. The number of likely N-dealkylation sites (N-methyl/N-ethyl adjacent to an activating group) is 1. The Balaban J connectivity index is 1.65. The summed E-state index contributed by atoms with van der Waals surface area (Å²) < 4.78 is 39.1. The van der Waals surface area contributed by atoms with E-state index in [1.807, 2.05) is 6.07 Å². The third-order valence-corrected chi connectivity index (χ3v) is 6.31. The number of alkyl halides is 2. The van der Waals surface area contributed by atoms with Crippen LogP contribution in [0, 0.1) is 0 Å². The summed E-state index contributed by atoms with van der Waals surface area (Å²) in [5.74, 6) is -7.09. The maximum atomic E-state index is 14.5. The number of benzene rings is 1. The number of nitrogens with zero attached hydrogens (tertiary/aromatic N) is 2. The lowest BCUT2D eigenvalue weighted by atomic mass is 10.1. The molecule has 2 heterocycles. The summed E-state index contributed by atoms with van der Waals surface area (Å²) in [6.45, 7) is 0.724. The van der Waals surface area contributed by atoms with Gasteiger partial charge in [-0.1, -0.05) is 30.3 Å².